The molecule has 1 aromatic rings. The van der Waals surface area contributed by atoms with Gasteiger partial charge >= 0.3 is 12.1 Å². The van der Waals surface area contributed by atoms with Gasteiger partial charge in [0.25, 0.3) is 0 Å². The summed E-state index contributed by atoms with van der Waals surface area (Å²) in [7, 11) is 0. The maximum Gasteiger partial charge on any atom is 0.417 e. The van der Waals surface area contributed by atoms with Crippen molar-refractivity contribution in [2.75, 3.05) is 0 Å². The van der Waals surface area contributed by atoms with E-state index in [4.69, 9.17) is 4.74 Å². The van der Waals surface area contributed by atoms with Crippen molar-refractivity contribution in [3.63, 3.8) is 0 Å². The molecule has 0 aliphatic carbocycles. The molecule has 0 saturated carbocycles. The lowest BCUT2D eigenvalue weighted by atomic mass is 10.0. The Bertz CT molecular complexity index is 772. The molecule has 1 atom stereocenters. The Morgan fingerprint density at radius 2 is 1.75 bits per heavy atom. The minimum atomic E-state index is -1.52. The zero-order valence-corrected chi connectivity index (χ0v) is 16.1. The molecule has 2 amide bonds. The third kappa shape index (κ3) is 6.71. The minimum Gasteiger partial charge on any atom is -0.480 e. The Hall–Kier alpha value is -2.84. The molecule has 0 aromatic heterocycles. The number of carboxylic acid groups (broad SMARTS) is 1. The second-order valence-corrected chi connectivity index (χ2v) is 7.17. The van der Waals surface area contributed by atoms with Crippen LogP contribution in [0.4, 0.5) is 13.6 Å². The number of aliphatic carboxylic acids is 1. The molecule has 0 radical (unpaired) electrons. The Labute approximate surface area is 161 Å². The largest absolute Gasteiger partial charge is 0.480 e. The molecule has 0 bridgehead atoms. The number of halogens is 2. The van der Waals surface area contributed by atoms with E-state index in [0.29, 0.717) is 4.90 Å². The van der Waals surface area contributed by atoms with Gasteiger partial charge in [-0.1, -0.05) is 0 Å². The number of rotatable bonds is 7. The van der Waals surface area contributed by atoms with Gasteiger partial charge in [-0.25, -0.2) is 23.3 Å². The number of benzene rings is 1. The second-order valence-electron chi connectivity index (χ2n) is 7.17. The van der Waals surface area contributed by atoms with Crippen molar-refractivity contribution < 1.29 is 37.8 Å². The van der Waals surface area contributed by atoms with Crippen LogP contribution in [0.1, 0.15) is 57.3 Å². The van der Waals surface area contributed by atoms with Crippen molar-refractivity contribution >= 4 is 23.8 Å². The van der Waals surface area contributed by atoms with Crippen LogP contribution in [0.3, 0.4) is 0 Å². The summed E-state index contributed by atoms with van der Waals surface area (Å²) in [6.07, 6.45) is -1.47. The molecule has 1 N–H and O–H groups in total. The lowest BCUT2D eigenvalue weighted by Crippen LogP contribution is -2.49. The van der Waals surface area contributed by atoms with Crippen LogP contribution in [-0.4, -0.2) is 45.4 Å². The number of hydrogen-bond donors (Lipinski definition) is 1. The van der Waals surface area contributed by atoms with Crippen LogP contribution in [0.25, 0.3) is 0 Å². The number of carboxylic acids is 1. The van der Waals surface area contributed by atoms with E-state index in [-0.39, 0.29) is 24.8 Å². The fourth-order valence-corrected chi connectivity index (χ4v) is 2.42. The van der Waals surface area contributed by atoms with Gasteiger partial charge in [0.1, 0.15) is 11.6 Å². The molecule has 0 fully saturated rings. The predicted octanol–water partition coefficient (Wildman–Crippen LogP) is 3.55. The van der Waals surface area contributed by atoms with Gasteiger partial charge in [0, 0.05) is 18.9 Å². The third-order valence-corrected chi connectivity index (χ3v) is 3.65. The third-order valence-electron chi connectivity index (χ3n) is 3.65. The Kier molecular flexibility index (Phi) is 7.78. The number of carbonyl (C=O) groups is 4. The number of Topliss-reactive ketones (excluding diaryl/α,β-unsaturated/α-hetero) is 1. The van der Waals surface area contributed by atoms with Gasteiger partial charge in [0.05, 0.1) is 0 Å². The lowest BCUT2D eigenvalue weighted by molar-refractivity contribution is -0.149. The molecule has 0 aliphatic rings. The van der Waals surface area contributed by atoms with E-state index < -0.39 is 47.0 Å². The van der Waals surface area contributed by atoms with Gasteiger partial charge in [-0.2, -0.15) is 0 Å². The van der Waals surface area contributed by atoms with Crippen LogP contribution in [-0.2, 0) is 14.3 Å². The molecule has 0 heterocycles. The lowest BCUT2D eigenvalue weighted by Gasteiger charge is -2.29. The molecule has 1 rings (SSSR count). The molecule has 0 saturated heterocycles. The average molecular weight is 399 g/mol. The smallest absolute Gasteiger partial charge is 0.417 e. The van der Waals surface area contributed by atoms with Crippen LogP contribution in [0.5, 0.6) is 0 Å². The van der Waals surface area contributed by atoms with Gasteiger partial charge < -0.3 is 9.84 Å². The van der Waals surface area contributed by atoms with E-state index in [9.17, 15) is 33.1 Å². The molecule has 28 heavy (non-hydrogen) atoms. The molecule has 1 aromatic carbocycles. The number of carbonyl (C=O) groups excluding carboxylic acids is 3. The first kappa shape index (κ1) is 23.2. The maximum absolute atomic E-state index is 13.2. The van der Waals surface area contributed by atoms with Gasteiger partial charge in [-0.3, -0.25) is 9.59 Å². The van der Waals surface area contributed by atoms with E-state index in [1.165, 1.54) is 0 Å². The van der Waals surface area contributed by atoms with E-state index in [0.717, 1.165) is 25.1 Å². The zero-order chi connectivity index (χ0) is 21.6. The summed E-state index contributed by atoms with van der Waals surface area (Å²) < 4.78 is 31.2. The molecule has 1 unspecified atom stereocenters. The van der Waals surface area contributed by atoms with Crippen LogP contribution in [0, 0.1) is 11.6 Å². The molecule has 0 spiro atoms. The SMILES string of the molecule is CC(=O)N(C(=O)OC(C)(C)C)C(CCCC(=O)c1ccc(F)c(F)c1)C(=O)O. The highest BCUT2D eigenvalue weighted by Crippen LogP contribution is 2.18. The topological polar surface area (TPSA) is 101 Å². The summed E-state index contributed by atoms with van der Waals surface area (Å²) >= 11 is 0. The Morgan fingerprint density at radius 1 is 1.14 bits per heavy atom. The summed E-state index contributed by atoms with van der Waals surface area (Å²) in [6.45, 7) is 5.74. The molecule has 154 valence electrons. The number of amides is 2. The molecule has 9 heteroatoms. The number of ether oxygens (including phenoxy) is 1. The molecular weight excluding hydrogens is 376 g/mol. The van der Waals surface area contributed by atoms with Crippen LogP contribution in [0.2, 0.25) is 0 Å². The average Bonchev–Trinajstić information content (AvgIpc) is 2.53. The fourth-order valence-electron chi connectivity index (χ4n) is 2.42. The van der Waals surface area contributed by atoms with Gasteiger partial charge in [0.2, 0.25) is 5.91 Å². The van der Waals surface area contributed by atoms with Gasteiger partial charge in [0.15, 0.2) is 17.4 Å². The highest BCUT2D eigenvalue weighted by Gasteiger charge is 2.35. The van der Waals surface area contributed by atoms with Crippen molar-refractivity contribution in [2.45, 2.75) is 58.6 Å². The summed E-state index contributed by atoms with van der Waals surface area (Å²) in [4.78, 5) is 48.2. The normalized spacial score (nSPS) is 12.2. The molecular formula is C19H23F2NO6. The summed E-state index contributed by atoms with van der Waals surface area (Å²) in [5, 5.41) is 9.41. The monoisotopic (exact) mass is 399 g/mol. The zero-order valence-electron chi connectivity index (χ0n) is 16.1. The number of ketones is 1. The van der Waals surface area contributed by atoms with Crippen LogP contribution in [0.15, 0.2) is 18.2 Å². The Balaban J connectivity index is 2.83. The van der Waals surface area contributed by atoms with E-state index in [1.54, 1.807) is 20.8 Å². The van der Waals surface area contributed by atoms with E-state index in [1.807, 2.05) is 0 Å². The van der Waals surface area contributed by atoms with Crippen molar-refractivity contribution in [1.82, 2.24) is 4.90 Å². The van der Waals surface area contributed by atoms with Crippen molar-refractivity contribution in [1.29, 1.82) is 0 Å². The molecule has 0 aliphatic heterocycles. The first-order valence-corrected chi connectivity index (χ1v) is 8.57. The van der Waals surface area contributed by atoms with E-state index >= 15 is 0 Å². The maximum atomic E-state index is 13.2. The van der Waals surface area contributed by atoms with Crippen molar-refractivity contribution in [3.05, 3.63) is 35.4 Å². The van der Waals surface area contributed by atoms with Gasteiger partial charge in [-0.05, 0) is 51.8 Å². The summed E-state index contributed by atoms with van der Waals surface area (Å²) in [6, 6.07) is 1.18. The van der Waals surface area contributed by atoms with Gasteiger partial charge in [-0.15, -0.1) is 0 Å². The van der Waals surface area contributed by atoms with Crippen LogP contribution >= 0.6 is 0 Å². The summed E-state index contributed by atoms with van der Waals surface area (Å²) in [5.74, 6) is -5.01. The second kappa shape index (κ2) is 9.38. The highest BCUT2D eigenvalue weighted by molar-refractivity contribution is 5.96. The first-order chi connectivity index (χ1) is 12.8. The van der Waals surface area contributed by atoms with Crippen molar-refractivity contribution in [2.24, 2.45) is 0 Å². The standard InChI is InChI=1S/C19H23F2NO6/c1-11(23)22(18(27)28-19(2,3)4)15(17(25)26)6-5-7-16(24)12-8-9-13(20)14(21)10-12/h8-10,15H,5-7H2,1-4H3,(H,25,26). The van der Waals surface area contributed by atoms with Crippen molar-refractivity contribution in [3.8, 4) is 0 Å². The highest BCUT2D eigenvalue weighted by atomic mass is 19.2. The minimum absolute atomic E-state index is 0.00136. The number of imide groups is 1. The Morgan fingerprint density at radius 3 is 2.21 bits per heavy atom. The first-order valence-electron chi connectivity index (χ1n) is 8.57. The summed E-state index contributed by atoms with van der Waals surface area (Å²) in [5.41, 5.74) is -0.988. The fraction of sp³-hybridized carbons (Fsp3) is 0.474. The predicted molar refractivity (Wildman–Crippen MR) is 94.7 cm³/mol. The molecule has 7 nitrogen and oxygen atoms in total. The van der Waals surface area contributed by atoms with E-state index in [2.05, 4.69) is 0 Å². The van der Waals surface area contributed by atoms with Crippen LogP contribution < -0.4 is 0 Å². The quantitative estimate of drug-likeness (QED) is 0.704. The number of hydrogen-bond acceptors (Lipinski definition) is 5. The number of nitrogens with zero attached hydrogens (tertiary/aromatic N) is 1.